The van der Waals surface area contributed by atoms with E-state index in [1.165, 1.54) is 0 Å². The molecule has 0 spiro atoms. The number of esters is 1. The average molecular weight is 262 g/mol. The molecule has 0 amide bonds. The summed E-state index contributed by atoms with van der Waals surface area (Å²) in [5.74, 6) is -0.802. The highest BCUT2D eigenvalue weighted by atomic mass is 16.6. The van der Waals surface area contributed by atoms with Gasteiger partial charge in [-0.3, -0.25) is 4.79 Å². The van der Waals surface area contributed by atoms with Crippen LogP contribution in [0.5, 0.6) is 0 Å². The Labute approximate surface area is 112 Å². The van der Waals surface area contributed by atoms with Crippen LogP contribution >= 0.6 is 0 Å². The number of fused-ring (bicyclic) bond motifs is 2. The maximum absolute atomic E-state index is 12.2. The molecule has 19 heavy (non-hydrogen) atoms. The number of carbonyl (C=O) groups is 2. The molecule has 1 N–H and O–H groups in total. The Balaban J connectivity index is 2.08. The number of carbonyl (C=O) groups excluding carboxylic acids is 2. The highest BCUT2D eigenvalue weighted by Crippen LogP contribution is 2.52. The number of aliphatic hydroxyl groups excluding tert-OH is 1. The van der Waals surface area contributed by atoms with Crippen LogP contribution in [0, 0.1) is 23.2 Å². The summed E-state index contributed by atoms with van der Waals surface area (Å²) < 4.78 is 5.31. The molecule has 1 saturated heterocycles. The molecule has 102 valence electrons. The fourth-order valence-corrected chi connectivity index (χ4v) is 3.98. The van der Waals surface area contributed by atoms with Crippen molar-refractivity contribution in [2.45, 2.75) is 32.5 Å². The first kappa shape index (κ1) is 12.6. The van der Waals surface area contributed by atoms with Crippen molar-refractivity contribution in [3.8, 4) is 0 Å². The number of allylic oxidation sites excluding steroid dienone is 2. The van der Waals surface area contributed by atoms with Gasteiger partial charge < -0.3 is 9.84 Å². The zero-order chi connectivity index (χ0) is 13.9. The molecule has 0 aromatic rings. The lowest BCUT2D eigenvalue weighted by Crippen LogP contribution is -2.46. The molecule has 3 aliphatic rings. The second-order valence-corrected chi connectivity index (χ2v) is 6.18. The van der Waals surface area contributed by atoms with E-state index in [0.717, 1.165) is 0 Å². The van der Waals surface area contributed by atoms with Gasteiger partial charge in [-0.2, -0.15) is 0 Å². The number of aliphatic hydroxyl groups is 1. The quantitative estimate of drug-likeness (QED) is 0.527. The minimum atomic E-state index is -0.922. The minimum absolute atomic E-state index is 0.00731. The Kier molecular flexibility index (Phi) is 2.52. The first-order valence-electron chi connectivity index (χ1n) is 6.68. The molecule has 0 bridgehead atoms. The normalized spacial score (nSPS) is 48.8. The highest BCUT2D eigenvalue weighted by molar-refractivity contribution is 5.99. The molecule has 2 fully saturated rings. The molecule has 0 radical (unpaired) electrons. The van der Waals surface area contributed by atoms with Crippen molar-refractivity contribution in [1.29, 1.82) is 0 Å². The average Bonchev–Trinajstić information content (AvgIpc) is 2.77. The molecule has 0 aromatic heterocycles. The SMILES string of the molecule is C=C1C(=O)O[C@@H]2C[C@H](C)[C@@H]3C=CC(=O)[C@@]3(C)[C@@H](O)[C@@H]12. The second-order valence-electron chi connectivity index (χ2n) is 6.18. The van der Waals surface area contributed by atoms with Crippen molar-refractivity contribution >= 4 is 11.8 Å². The number of ketones is 1. The van der Waals surface area contributed by atoms with Crippen LogP contribution in [-0.2, 0) is 14.3 Å². The molecule has 4 nitrogen and oxygen atoms in total. The monoisotopic (exact) mass is 262 g/mol. The topological polar surface area (TPSA) is 63.6 Å². The van der Waals surface area contributed by atoms with Crippen molar-refractivity contribution in [2.75, 3.05) is 0 Å². The van der Waals surface area contributed by atoms with E-state index in [0.29, 0.717) is 12.0 Å². The molecule has 1 saturated carbocycles. The number of ether oxygens (including phenoxy) is 1. The summed E-state index contributed by atoms with van der Waals surface area (Å²) in [6.07, 6.45) is 2.83. The third-order valence-corrected chi connectivity index (χ3v) is 5.17. The Bertz CT molecular complexity index is 506. The van der Waals surface area contributed by atoms with E-state index in [-0.39, 0.29) is 23.7 Å². The van der Waals surface area contributed by atoms with Crippen LogP contribution in [0.4, 0.5) is 0 Å². The lowest BCUT2D eigenvalue weighted by atomic mass is 9.67. The highest BCUT2D eigenvalue weighted by Gasteiger charge is 2.59. The van der Waals surface area contributed by atoms with E-state index in [1.54, 1.807) is 13.0 Å². The first-order chi connectivity index (χ1) is 8.87. The second kappa shape index (κ2) is 3.79. The Morgan fingerprint density at radius 2 is 2.16 bits per heavy atom. The van der Waals surface area contributed by atoms with Crippen molar-refractivity contribution < 1.29 is 19.4 Å². The largest absolute Gasteiger partial charge is 0.458 e. The smallest absolute Gasteiger partial charge is 0.334 e. The van der Waals surface area contributed by atoms with Gasteiger partial charge in [-0.25, -0.2) is 4.79 Å². The molecule has 0 unspecified atom stereocenters. The van der Waals surface area contributed by atoms with Gasteiger partial charge in [0.1, 0.15) is 6.10 Å². The van der Waals surface area contributed by atoms with Gasteiger partial charge in [-0.05, 0) is 31.3 Å². The maximum Gasteiger partial charge on any atom is 0.334 e. The summed E-state index contributed by atoms with van der Waals surface area (Å²) in [5.41, 5.74) is -0.568. The van der Waals surface area contributed by atoms with E-state index in [9.17, 15) is 14.7 Å². The maximum atomic E-state index is 12.2. The van der Waals surface area contributed by atoms with E-state index >= 15 is 0 Å². The molecule has 4 heteroatoms. The third-order valence-electron chi connectivity index (χ3n) is 5.17. The summed E-state index contributed by atoms with van der Waals surface area (Å²) in [5, 5.41) is 10.7. The van der Waals surface area contributed by atoms with E-state index in [1.807, 2.05) is 13.0 Å². The first-order valence-corrected chi connectivity index (χ1v) is 6.68. The van der Waals surface area contributed by atoms with Gasteiger partial charge >= 0.3 is 5.97 Å². The van der Waals surface area contributed by atoms with Gasteiger partial charge in [-0.1, -0.05) is 19.6 Å². The summed E-state index contributed by atoms with van der Waals surface area (Å²) in [6, 6.07) is 0. The van der Waals surface area contributed by atoms with Crippen LogP contribution in [0.1, 0.15) is 20.3 Å². The van der Waals surface area contributed by atoms with Crippen LogP contribution in [0.3, 0.4) is 0 Å². The molecular weight excluding hydrogens is 244 g/mol. The number of hydrogen-bond donors (Lipinski definition) is 1. The molecule has 0 aromatic carbocycles. The zero-order valence-electron chi connectivity index (χ0n) is 11.1. The summed E-state index contributed by atoms with van der Waals surface area (Å²) in [7, 11) is 0. The van der Waals surface area contributed by atoms with Crippen molar-refractivity contribution in [2.24, 2.45) is 23.2 Å². The lowest BCUT2D eigenvalue weighted by Gasteiger charge is -2.37. The zero-order valence-corrected chi connectivity index (χ0v) is 11.1. The lowest BCUT2D eigenvalue weighted by molar-refractivity contribution is -0.140. The number of rotatable bonds is 0. The predicted molar refractivity (Wildman–Crippen MR) is 68.0 cm³/mol. The standard InChI is InChI=1S/C15H18O4/c1-7-6-10-12(8(2)14(18)19-10)13(17)15(3)9(7)4-5-11(15)16/h4-5,7,9-10,12-13,17H,2,6H2,1,3H3/t7-,9-,10+,12-,13-,15-/m0/s1. The van der Waals surface area contributed by atoms with Gasteiger partial charge in [0, 0.05) is 5.57 Å². The van der Waals surface area contributed by atoms with Crippen LogP contribution in [-0.4, -0.2) is 29.1 Å². The fourth-order valence-electron chi connectivity index (χ4n) is 3.98. The molecule has 6 atom stereocenters. The molecule has 2 aliphatic carbocycles. The van der Waals surface area contributed by atoms with Crippen LogP contribution in [0.2, 0.25) is 0 Å². The summed E-state index contributed by atoms with van der Waals surface area (Å²) in [4.78, 5) is 23.9. The Morgan fingerprint density at radius 1 is 1.47 bits per heavy atom. The van der Waals surface area contributed by atoms with Crippen LogP contribution in [0.15, 0.2) is 24.3 Å². The van der Waals surface area contributed by atoms with Crippen molar-refractivity contribution in [3.05, 3.63) is 24.3 Å². The summed E-state index contributed by atoms with van der Waals surface area (Å²) >= 11 is 0. The van der Waals surface area contributed by atoms with E-state index in [4.69, 9.17) is 4.74 Å². The van der Waals surface area contributed by atoms with Gasteiger partial charge in [0.25, 0.3) is 0 Å². The molecular formula is C15H18O4. The Morgan fingerprint density at radius 3 is 2.84 bits per heavy atom. The van der Waals surface area contributed by atoms with E-state index < -0.39 is 23.4 Å². The fraction of sp³-hybridized carbons (Fsp3) is 0.600. The van der Waals surface area contributed by atoms with Gasteiger partial charge in [0.2, 0.25) is 0 Å². The summed E-state index contributed by atoms with van der Waals surface area (Å²) in [6.45, 7) is 7.57. The van der Waals surface area contributed by atoms with Crippen LogP contribution < -0.4 is 0 Å². The van der Waals surface area contributed by atoms with Crippen LogP contribution in [0.25, 0.3) is 0 Å². The third kappa shape index (κ3) is 1.43. The minimum Gasteiger partial charge on any atom is -0.458 e. The van der Waals surface area contributed by atoms with E-state index in [2.05, 4.69) is 6.58 Å². The molecule has 1 heterocycles. The predicted octanol–water partition coefficient (Wildman–Crippen LogP) is 1.25. The van der Waals surface area contributed by atoms with Gasteiger partial charge in [0.05, 0.1) is 17.4 Å². The molecule has 1 aliphatic heterocycles. The Hall–Kier alpha value is -1.42. The van der Waals surface area contributed by atoms with Gasteiger partial charge in [-0.15, -0.1) is 0 Å². The van der Waals surface area contributed by atoms with Crippen molar-refractivity contribution in [1.82, 2.24) is 0 Å². The van der Waals surface area contributed by atoms with Gasteiger partial charge in [0.15, 0.2) is 5.78 Å². The number of hydrogen-bond acceptors (Lipinski definition) is 4. The molecule has 3 rings (SSSR count). The van der Waals surface area contributed by atoms with Crippen molar-refractivity contribution in [3.63, 3.8) is 0 Å².